The summed E-state index contributed by atoms with van der Waals surface area (Å²) in [5.74, 6) is -1.13. The monoisotopic (exact) mass is 459 g/mol. The van der Waals surface area contributed by atoms with Crippen LogP contribution in [0.3, 0.4) is 0 Å². The van der Waals surface area contributed by atoms with Gasteiger partial charge in [-0.1, -0.05) is 19.3 Å². The van der Waals surface area contributed by atoms with Crippen molar-refractivity contribution in [2.45, 2.75) is 57.6 Å². The number of nitrogens with zero attached hydrogens (tertiary/aromatic N) is 1. The van der Waals surface area contributed by atoms with E-state index in [0.717, 1.165) is 32.1 Å². The van der Waals surface area contributed by atoms with Crippen LogP contribution in [0.5, 0.6) is 11.5 Å². The molecule has 2 fully saturated rings. The SMILES string of the molecule is C[C@H](OC(=O)[C@H]1CC(=O)N(c2ccc3c(c2)OCCO3)C1)C(=O)NC(=O)NC1CCCCC1. The molecule has 0 spiro atoms. The zero-order valence-corrected chi connectivity index (χ0v) is 18.6. The van der Waals surface area contributed by atoms with E-state index < -0.39 is 29.9 Å². The highest BCUT2D eigenvalue weighted by molar-refractivity contribution is 6.01. The third-order valence-electron chi connectivity index (χ3n) is 6.14. The molecule has 0 aromatic heterocycles. The molecule has 3 aliphatic rings. The van der Waals surface area contributed by atoms with Gasteiger partial charge in [0.25, 0.3) is 5.91 Å². The number of esters is 1. The number of imide groups is 1. The first-order valence-corrected chi connectivity index (χ1v) is 11.4. The van der Waals surface area contributed by atoms with Crippen molar-refractivity contribution in [2.75, 3.05) is 24.7 Å². The van der Waals surface area contributed by atoms with Gasteiger partial charge in [0, 0.05) is 30.8 Å². The van der Waals surface area contributed by atoms with Crippen molar-refractivity contribution >= 4 is 29.5 Å². The third-order valence-corrected chi connectivity index (χ3v) is 6.14. The number of ether oxygens (including phenoxy) is 3. The molecule has 0 radical (unpaired) electrons. The van der Waals surface area contributed by atoms with Crippen molar-refractivity contribution in [2.24, 2.45) is 5.92 Å². The Balaban J connectivity index is 1.28. The molecule has 178 valence electrons. The second-order valence-electron chi connectivity index (χ2n) is 8.61. The number of carbonyl (C=O) groups excluding carboxylic acids is 4. The fourth-order valence-electron chi connectivity index (χ4n) is 4.32. The molecule has 1 saturated carbocycles. The van der Waals surface area contributed by atoms with Crippen molar-refractivity contribution in [1.82, 2.24) is 10.6 Å². The number of urea groups is 1. The topological polar surface area (TPSA) is 123 Å². The Labute approximate surface area is 191 Å². The maximum Gasteiger partial charge on any atom is 0.321 e. The average Bonchev–Trinajstić information content (AvgIpc) is 3.21. The van der Waals surface area contributed by atoms with Crippen LogP contribution in [0.4, 0.5) is 10.5 Å². The maximum atomic E-state index is 12.6. The first-order chi connectivity index (χ1) is 15.9. The van der Waals surface area contributed by atoms with E-state index in [1.54, 1.807) is 18.2 Å². The standard InChI is InChI=1S/C23H29N3O7/c1-14(21(28)25-23(30)24-16-5-3-2-4-6-16)33-22(29)15-11-20(27)26(13-15)17-7-8-18-19(12-17)32-10-9-31-18/h7-8,12,14-16H,2-6,9-11,13H2,1H3,(H2,24,25,28,30)/t14-,15-/m0/s1. The minimum Gasteiger partial charge on any atom is -0.486 e. The van der Waals surface area contributed by atoms with E-state index >= 15 is 0 Å². The van der Waals surface area contributed by atoms with E-state index in [2.05, 4.69) is 10.6 Å². The Morgan fingerprint density at radius 2 is 1.82 bits per heavy atom. The van der Waals surface area contributed by atoms with Gasteiger partial charge >= 0.3 is 12.0 Å². The minimum absolute atomic E-state index is 0.0240. The number of amides is 4. The number of hydrogen-bond donors (Lipinski definition) is 2. The number of fused-ring (bicyclic) bond motifs is 1. The van der Waals surface area contributed by atoms with Crippen LogP contribution in [-0.2, 0) is 19.1 Å². The van der Waals surface area contributed by atoms with Gasteiger partial charge in [-0.15, -0.1) is 0 Å². The number of benzene rings is 1. The third kappa shape index (κ3) is 5.55. The molecule has 33 heavy (non-hydrogen) atoms. The van der Waals surface area contributed by atoms with E-state index in [1.807, 2.05) is 0 Å². The Morgan fingerprint density at radius 3 is 2.58 bits per heavy atom. The fraction of sp³-hybridized carbons (Fsp3) is 0.565. The van der Waals surface area contributed by atoms with Crippen molar-refractivity contribution in [3.63, 3.8) is 0 Å². The predicted octanol–water partition coefficient (Wildman–Crippen LogP) is 1.90. The lowest BCUT2D eigenvalue weighted by Gasteiger charge is -2.23. The normalized spacial score (nSPS) is 21.3. The van der Waals surface area contributed by atoms with E-state index in [0.29, 0.717) is 30.4 Å². The maximum absolute atomic E-state index is 12.6. The zero-order valence-electron chi connectivity index (χ0n) is 18.6. The van der Waals surface area contributed by atoms with E-state index in [-0.39, 0.29) is 24.9 Å². The number of rotatable bonds is 5. The Kier molecular flexibility index (Phi) is 7.00. The summed E-state index contributed by atoms with van der Waals surface area (Å²) in [6.07, 6.45) is 3.86. The van der Waals surface area contributed by atoms with Gasteiger partial charge in [-0.05, 0) is 31.9 Å². The molecule has 1 saturated heterocycles. The smallest absolute Gasteiger partial charge is 0.321 e. The van der Waals surface area contributed by atoms with Crippen LogP contribution < -0.4 is 25.0 Å². The highest BCUT2D eigenvalue weighted by Gasteiger charge is 2.38. The molecule has 4 amide bonds. The average molecular weight is 459 g/mol. The molecule has 0 unspecified atom stereocenters. The predicted molar refractivity (Wildman–Crippen MR) is 117 cm³/mol. The van der Waals surface area contributed by atoms with Crippen LogP contribution in [0, 0.1) is 5.92 Å². The van der Waals surface area contributed by atoms with Crippen molar-refractivity contribution in [1.29, 1.82) is 0 Å². The summed E-state index contributed by atoms with van der Waals surface area (Å²) in [6.45, 7) is 2.43. The lowest BCUT2D eigenvalue weighted by Crippen LogP contribution is -2.48. The number of carbonyl (C=O) groups is 4. The first kappa shape index (κ1) is 22.9. The molecule has 0 bridgehead atoms. The van der Waals surface area contributed by atoms with Crippen LogP contribution in [0.25, 0.3) is 0 Å². The Morgan fingerprint density at radius 1 is 1.09 bits per heavy atom. The van der Waals surface area contributed by atoms with E-state index in [1.165, 1.54) is 11.8 Å². The van der Waals surface area contributed by atoms with Gasteiger partial charge in [-0.3, -0.25) is 19.7 Å². The number of nitrogens with one attached hydrogen (secondary N) is 2. The summed E-state index contributed by atoms with van der Waals surface area (Å²) in [5.41, 5.74) is 0.602. The highest BCUT2D eigenvalue weighted by Crippen LogP contribution is 2.36. The van der Waals surface area contributed by atoms with Gasteiger partial charge in [0.2, 0.25) is 5.91 Å². The summed E-state index contributed by atoms with van der Waals surface area (Å²) >= 11 is 0. The van der Waals surface area contributed by atoms with Crippen molar-refractivity contribution in [3.05, 3.63) is 18.2 Å². The molecule has 1 aliphatic carbocycles. The highest BCUT2D eigenvalue weighted by atomic mass is 16.6. The summed E-state index contributed by atoms with van der Waals surface area (Å²) in [5, 5.41) is 5.01. The van der Waals surface area contributed by atoms with Crippen LogP contribution in [0.2, 0.25) is 0 Å². The fourth-order valence-corrected chi connectivity index (χ4v) is 4.32. The lowest BCUT2D eigenvalue weighted by molar-refractivity contribution is -0.158. The molecule has 2 N–H and O–H groups in total. The minimum atomic E-state index is -1.16. The van der Waals surface area contributed by atoms with Crippen molar-refractivity contribution < 1.29 is 33.4 Å². The second kappa shape index (κ2) is 10.1. The van der Waals surface area contributed by atoms with E-state index in [4.69, 9.17) is 14.2 Å². The van der Waals surface area contributed by atoms with Crippen molar-refractivity contribution in [3.8, 4) is 11.5 Å². The summed E-state index contributed by atoms with van der Waals surface area (Å²) in [6, 6.07) is 4.64. The van der Waals surface area contributed by atoms with Gasteiger partial charge in [-0.2, -0.15) is 0 Å². The first-order valence-electron chi connectivity index (χ1n) is 11.4. The molecule has 2 heterocycles. The van der Waals surface area contributed by atoms with Crippen LogP contribution >= 0.6 is 0 Å². The summed E-state index contributed by atoms with van der Waals surface area (Å²) in [7, 11) is 0. The van der Waals surface area contributed by atoms with Gasteiger partial charge in [-0.25, -0.2) is 4.79 Å². The molecular weight excluding hydrogens is 430 g/mol. The zero-order chi connectivity index (χ0) is 23.4. The largest absolute Gasteiger partial charge is 0.486 e. The van der Waals surface area contributed by atoms with Gasteiger partial charge in [0.05, 0.1) is 5.92 Å². The summed E-state index contributed by atoms with van der Waals surface area (Å²) < 4.78 is 16.3. The molecule has 1 aromatic rings. The number of anilines is 1. The molecule has 2 aliphatic heterocycles. The number of hydrogen-bond acceptors (Lipinski definition) is 7. The Hall–Kier alpha value is -3.30. The summed E-state index contributed by atoms with van der Waals surface area (Å²) in [4.78, 5) is 50.9. The second-order valence-corrected chi connectivity index (χ2v) is 8.61. The molecular formula is C23H29N3O7. The van der Waals surface area contributed by atoms with E-state index in [9.17, 15) is 19.2 Å². The van der Waals surface area contributed by atoms with Gasteiger partial charge in [0.1, 0.15) is 13.2 Å². The van der Waals surface area contributed by atoms with Gasteiger partial charge < -0.3 is 24.4 Å². The quantitative estimate of drug-likeness (QED) is 0.645. The lowest BCUT2D eigenvalue weighted by atomic mass is 9.96. The molecule has 4 rings (SSSR count). The van der Waals surface area contributed by atoms with Gasteiger partial charge in [0.15, 0.2) is 17.6 Å². The molecule has 2 atom stereocenters. The molecule has 10 heteroatoms. The van der Waals surface area contributed by atoms with Crippen LogP contribution in [-0.4, -0.2) is 55.7 Å². The molecule has 10 nitrogen and oxygen atoms in total. The van der Waals surface area contributed by atoms with Crippen LogP contribution in [0.15, 0.2) is 18.2 Å². The van der Waals surface area contributed by atoms with Crippen LogP contribution in [0.1, 0.15) is 45.4 Å². The Bertz CT molecular complexity index is 929. The molecule has 1 aromatic carbocycles.